The maximum Gasteiger partial charge on any atom is 0.472 e. The van der Waals surface area contributed by atoms with Gasteiger partial charge < -0.3 is 19.4 Å². The van der Waals surface area contributed by atoms with Crippen LogP contribution in [0.2, 0.25) is 0 Å². The number of unbranched alkanes of at least 4 members (excludes halogenated alkanes) is 25. The van der Waals surface area contributed by atoms with Crippen molar-refractivity contribution in [3.8, 4) is 0 Å². The molecule has 9 nitrogen and oxygen atoms in total. The van der Waals surface area contributed by atoms with Gasteiger partial charge in [-0.1, -0.05) is 277 Å². The van der Waals surface area contributed by atoms with E-state index >= 15 is 0 Å². The number of carbonyl (C=O) groups excluding carboxylic acids is 2. The van der Waals surface area contributed by atoms with Gasteiger partial charge in [0.2, 0.25) is 5.91 Å². The summed E-state index contributed by atoms with van der Waals surface area (Å²) < 4.78 is 30.8. The number of likely N-dealkylation sites (N-methyl/N-ethyl adjacent to an activating group) is 1. The van der Waals surface area contributed by atoms with Gasteiger partial charge >= 0.3 is 13.8 Å². The summed E-state index contributed by atoms with van der Waals surface area (Å²) in [5.41, 5.74) is 0. The molecular weight excluding hydrogens is 1070 g/mol. The predicted molar refractivity (Wildman–Crippen MR) is 369 cm³/mol. The van der Waals surface area contributed by atoms with E-state index in [1.165, 1.54) is 89.9 Å². The van der Waals surface area contributed by atoms with Gasteiger partial charge in [0.15, 0.2) is 0 Å². The molecule has 2 N–H and O–H groups in total. The second-order valence-corrected chi connectivity index (χ2v) is 25.4. The molecule has 85 heavy (non-hydrogen) atoms. The van der Waals surface area contributed by atoms with Crippen molar-refractivity contribution in [1.82, 2.24) is 5.32 Å². The van der Waals surface area contributed by atoms with Crippen LogP contribution in [-0.4, -0.2) is 74.3 Å². The molecule has 0 bridgehead atoms. The highest BCUT2D eigenvalue weighted by atomic mass is 31.2. The zero-order valence-corrected chi connectivity index (χ0v) is 56.4. The summed E-state index contributed by atoms with van der Waals surface area (Å²) >= 11 is 0. The standard InChI is InChI=1S/C75H129N2O7P/c1-7-10-13-16-19-22-25-27-29-31-33-35-36-37-38-39-40-42-43-45-47-49-52-55-58-61-64-67-74(78)76-72(71-83-85(80,81)82-70-69-77(4,5)6)73(66-63-60-57-54-51-24-21-18-15-12-9-3)84-75(79)68-65-62-59-56-53-50-48-46-44-41-34-32-30-28-26-23-20-17-14-11-8-2/h10-11,13-14,19-20,22-23,27-30,33-35,37-38,41,46,48,63,66,72-73H,7-9,12,15-18,21,24-26,31-32,36,39-40,42-45,47,49-62,64-65,67-71H2,1-6H3,(H-,76,78,80,81)/p+1/b13-10-,14-11-,22-19-,23-20-,29-27-,30-28-,35-33-,38-37-,41-34-,48-46-,66-63-. The highest BCUT2D eigenvalue weighted by Gasteiger charge is 2.30. The molecule has 0 saturated heterocycles. The molecule has 0 aromatic carbocycles. The van der Waals surface area contributed by atoms with E-state index in [2.05, 4.69) is 148 Å². The average molecular weight is 1200 g/mol. The minimum Gasteiger partial charge on any atom is -0.456 e. The van der Waals surface area contributed by atoms with Gasteiger partial charge in [0.1, 0.15) is 19.3 Å². The number of ether oxygens (including phenoxy) is 1. The van der Waals surface area contributed by atoms with Crippen molar-refractivity contribution in [3.05, 3.63) is 134 Å². The lowest BCUT2D eigenvalue weighted by Crippen LogP contribution is -2.47. The third-order valence-corrected chi connectivity index (χ3v) is 15.6. The lowest BCUT2D eigenvalue weighted by molar-refractivity contribution is -0.870. The Labute approximate surface area is 524 Å². The van der Waals surface area contributed by atoms with Gasteiger partial charge in [-0.2, -0.15) is 0 Å². The van der Waals surface area contributed by atoms with Gasteiger partial charge in [0.25, 0.3) is 0 Å². The first-order valence-electron chi connectivity index (χ1n) is 34.5. The summed E-state index contributed by atoms with van der Waals surface area (Å²) in [5, 5.41) is 3.06. The molecule has 0 fully saturated rings. The molecule has 0 heterocycles. The molecular formula is C75H130N2O7P+. The van der Waals surface area contributed by atoms with E-state index in [1.54, 1.807) is 0 Å². The Balaban J connectivity index is 5.09. The van der Waals surface area contributed by atoms with Crippen molar-refractivity contribution < 1.29 is 37.3 Å². The normalized spacial score (nSPS) is 14.4. The van der Waals surface area contributed by atoms with Crippen molar-refractivity contribution in [1.29, 1.82) is 0 Å². The van der Waals surface area contributed by atoms with E-state index in [0.717, 1.165) is 148 Å². The maximum atomic E-state index is 13.6. The molecule has 0 saturated carbocycles. The Morgan fingerprint density at radius 1 is 0.424 bits per heavy atom. The highest BCUT2D eigenvalue weighted by Crippen LogP contribution is 2.43. The third-order valence-electron chi connectivity index (χ3n) is 14.6. The fraction of sp³-hybridized carbons (Fsp3) is 0.680. The molecule has 0 rings (SSSR count). The van der Waals surface area contributed by atoms with Crippen LogP contribution in [0.5, 0.6) is 0 Å². The van der Waals surface area contributed by atoms with E-state index in [9.17, 15) is 19.0 Å². The number of allylic oxidation sites excluding steroid dienone is 21. The van der Waals surface area contributed by atoms with Gasteiger partial charge in [-0.15, -0.1) is 0 Å². The molecule has 3 unspecified atom stereocenters. The van der Waals surface area contributed by atoms with Crippen LogP contribution >= 0.6 is 7.82 Å². The number of amides is 1. The second-order valence-electron chi connectivity index (χ2n) is 23.9. The Bertz CT molecular complexity index is 1920. The number of rotatable bonds is 61. The summed E-state index contributed by atoms with van der Waals surface area (Å²) in [4.78, 5) is 37.9. The fourth-order valence-electron chi connectivity index (χ4n) is 9.35. The van der Waals surface area contributed by atoms with Gasteiger partial charge in [0, 0.05) is 12.8 Å². The number of esters is 1. The van der Waals surface area contributed by atoms with Gasteiger partial charge in [-0.25, -0.2) is 4.57 Å². The zero-order chi connectivity index (χ0) is 62.1. The first-order valence-corrected chi connectivity index (χ1v) is 36.0. The van der Waals surface area contributed by atoms with Crippen LogP contribution in [0.25, 0.3) is 0 Å². The quantitative estimate of drug-likeness (QED) is 0.0205. The fourth-order valence-corrected chi connectivity index (χ4v) is 10.1. The number of phosphoric acid groups is 1. The minimum atomic E-state index is -4.47. The Morgan fingerprint density at radius 2 is 0.753 bits per heavy atom. The van der Waals surface area contributed by atoms with Crippen molar-refractivity contribution in [2.45, 2.75) is 290 Å². The molecule has 0 aromatic heterocycles. The lowest BCUT2D eigenvalue weighted by atomic mass is 10.0. The smallest absolute Gasteiger partial charge is 0.456 e. The van der Waals surface area contributed by atoms with Crippen LogP contribution in [0, 0.1) is 0 Å². The molecule has 3 atom stereocenters. The topological polar surface area (TPSA) is 111 Å². The molecule has 0 radical (unpaired) electrons. The van der Waals surface area contributed by atoms with Crippen molar-refractivity contribution in [2.24, 2.45) is 0 Å². The van der Waals surface area contributed by atoms with Crippen LogP contribution < -0.4 is 5.32 Å². The maximum absolute atomic E-state index is 13.6. The SMILES string of the molecule is CC/C=C\C/C=C\C/C=C\C/C=C\C/C=C\CCCCCCCCCCCCCC(=O)NC(COP(=O)(O)OCC[N+](C)(C)C)C(/C=C\CCCCCCCCCCC)OC(=O)CCCCCCC/C=C\C/C=C\C/C=C\C/C=C\C/C=C\CC. The number of hydrogen-bond acceptors (Lipinski definition) is 6. The summed E-state index contributed by atoms with van der Waals surface area (Å²) in [6.45, 7) is 6.76. The summed E-state index contributed by atoms with van der Waals surface area (Å²) in [5.74, 6) is -0.536. The molecule has 10 heteroatoms. The first kappa shape index (κ1) is 81.2. The van der Waals surface area contributed by atoms with Crippen LogP contribution in [-0.2, 0) is 27.9 Å². The van der Waals surface area contributed by atoms with E-state index in [0.29, 0.717) is 23.9 Å². The van der Waals surface area contributed by atoms with Crippen LogP contribution in [0.3, 0.4) is 0 Å². The predicted octanol–water partition coefficient (Wildman–Crippen LogP) is 22.0. The average Bonchev–Trinajstić information content (AvgIpc) is 3.64. The number of phosphoric ester groups is 1. The largest absolute Gasteiger partial charge is 0.472 e. The van der Waals surface area contributed by atoms with Gasteiger partial charge in [0.05, 0.1) is 33.8 Å². The number of nitrogens with zero attached hydrogens (tertiary/aromatic N) is 1. The summed E-state index contributed by atoms with van der Waals surface area (Å²) in [6.07, 6.45) is 90.3. The Kier molecular flexibility index (Phi) is 60.3. The van der Waals surface area contributed by atoms with E-state index in [1.807, 2.05) is 33.3 Å². The van der Waals surface area contributed by atoms with Crippen molar-refractivity contribution in [2.75, 3.05) is 40.9 Å². The van der Waals surface area contributed by atoms with E-state index in [-0.39, 0.29) is 31.5 Å². The third kappa shape index (κ3) is 64.5. The molecule has 0 aliphatic heterocycles. The van der Waals surface area contributed by atoms with E-state index < -0.39 is 20.0 Å². The number of carbonyl (C=O) groups is 2. The molecule has 486 valence electrons. The summed E-state index contributed by atoms with van der Waals surface area (Å²) in [6, 6.07) is -0.868. The molecule has 0 aliphatic rings. The number of hydrogen-bond donors (Lipinski definition) is 2. The monoisotopic (exact) mass is 1200 g/mol. The van der Waals surface area contributed by atoms with Crippen LogP contribution in [0.1, 0.15) is 278 Å². The lowest BCUT2D eigenvalue weighted by Gasteiger charge is -2.27. The molecule has 0 spiro atoms. The van der Waals surface area contributed by atoms with E-state index in [4.69, 9.17) is 13.8 Å². The zero-order valence-electron chi connectivity index (χ0n) is 55.6. The first-order chi connectivity index (χ1) is 41.4. The van der Waals surface area contributed by atoms with Crippen molar-refractivity contribution >= 4 is 19.7 Å². The number of nitrogens with one attached hydrogen (secondary N) is 1. The van der Waals surface area contributed by atoms with Crippen LogP contribution in [0.4, 0.5) is 0 Å². The molecule has 0 aromatic rings. The Hall–Kier alpha value is -3.85. The Morgan fingerprint density at radius 3 is 1.13 bits per heavy atom. The van der Waals surface area contributed by atoms with Crippen LogP contribution in [0.15, 0.2) is 134 Å². The molecule has 0 aliphatic carbocycles. The highest BCUT2D eigenvalue weighted by molar-refractivity contribution is 7.47. The number of quaternary nitrogens is 1. The van der Waals surface area contributed by atoms with Gasteiger partial charge in [-0.05, 0) is 122 Å². The summed E-state index contributed by atoms with van der Waals surface area (Å²) in [7, 11) is 1.47. The van der Waals surface area contributed by atoms with Crippen molar-refractivity contribution in [3.63, 3.8) is 0 Å². The second kappa shape index (κ2) is 63.2. The minimum absolute atomic E-state index is 0.0295. The molecule has 1 amide bonds. The van der Waals surface area contributed by atoms with Gasteiger partial charge in [-0.3, -0.25) is 18.6 Å².